The van der Waals surface area contributed by atoms with Gasteiger partial charge in [-0.1, -0.05) is 0 Å². The van der Waals surface area contributed by atoms with Crippen molar-refractivity contribution in [3.63, 3.8) is 0 Å². The van der Waals surface area contributed by atoms with Crippen LogP contribution in [0.15, 0.2) is 0 Å². The van der Waals surface area contributed by atoms with Gasteiger partial charge in [0.2, 0.25) is 0 Å². The fourth-order valence-electron chi connectivity index (χ4n) is 0.964. The minimum atomic E-state index is -1.95. The van der Waals surface area contributed by atoms with Gasteiger partial charge in [-0.25, -0.2) is 0 Å². The summed E-state index contributed by atoms with van der Waals surface area (Å²) in [4.78, 5) is 21.1. The molecule has 6 heteroatoms. The van der Waals surface area contributed by atoms with Crippen molar-refractivity contribution in [2.75, 3.05) is 27.2 Å². The molecule has 0 aromatic rings. The number of carboxylic acids is 1. The van der Waals surface area contributed by atoms with Crippen LogP contribution in [0.1, 0.15) is 6.42 Å². The van der Waals surface area contributed by atoms with Crippen molar-refractivity contribution < 1.29 is 19.1 Å². The van der Waals surface area contributed by atoms with Crippen LogP contribution < -0.4 is 0 Å². The molecular formula is C7H17NO4Si. The molecule has 0 aliphatic carbocycles. The van der Waals surface area contributed by atoms with E-state index in [2.05, 4.69) is 0 Å². The monoisotopic (exact) mass is 207 g/mol. The summed E-state index contributed by atoms with van der Waals surface area (Å²) in [6, 6.07) is 0.667. The van der Waals surface area contributed by atoms with Crippen molar-refractivity contribution in [1.82, 2.24) is 4.90 Å². The van der Waals surface area contributed by atoms with Gasteiger partial charge in [0.25, 0.3) is 0 Å². The third-order valence-electron chi connectivity index (χ3n) is 1.67. The van der Waals surface area contributed by atoms with Crippen LogP contribution in [0.4, 0.5) is 0 Å². The zero-order valence-corrected chi connectivity index (χ0v) is 9.22. The van der Waals surface area contributed by atoms with E-state index in [9.17, 15) is 4.79 Å². The molecular weight excluding hydrogens is 190 g/mol. The fourth-order valence-corrected chi connectivity index (χ4v) is 1.73. The van der Waals surface area contributed by atoms with Crippen molar-refractivity contribution in [1.29, 1.82) is 0 Å². The van der Waals surface area contributed by atoms with Gasteiger partial charge in [-0.2, -0.15) is 0 Å². The predicted molar refractivity (Wildman–Crippen MR) is 50.9 cm³/mol. The van der Waals surface area contributed by atoms with Gasteiger partial charge in [0.05, 0.1) is 6.54 Å². The molecule has 0 saturated carbocycles. The Hall–Kier alpha value is -0.433. The molecule has 0 aliphatic heterocycles. The normalized spacial score (nSPS) is 13.2. The van der Waals surface area contributed by atoms with Crippen LogP contribution in [0.25, 0.3) is 0 Å². The molecule has 0 saturated heterocycles. The summed E-state index contributed by atoms with van der Waals surface area (Å²) in [7, 11) is 1.29. The van der Waals surface area contributed by atoms with Crippen molar-refractivity contribution in [2.24, 2.45) is 0 Å². The summed E-state index contributed by atoms with van der Waals surface area (Å²) in [5, 5.41) is 8.43. The first-order chi connectivity index (χ1) is 6.06. The van der Waals surface area contributed by atoms with Crippen LogP contribution in [-0.2, 0) is 9.22 Å². The van der Waals surface area contributed by atoms with Crippen LogP contribution in [0.5, 0.6) is 0 Å². The van der Waals surface area contributed by atoms with E-state index < -0.39 is 15.3 Å². The average molecular weight is 207 g/mol. The molecule has 0 radical (unpaired) electrons. The number of hydrogen-bond acceptors (Lipinski definition) is 4. The van der Waals surface area contributed by atoms with Gasteiger partial charge < -0.3 is 14.3 Å². The van der Waals surface area contributed by atoms with E-state index in [1.165, 1.54) is 7.11 Å². The second kappa shape index (κ2) is 7.02. The Bertz CT molecular complexity index is 155. The van der Waals surface area contributed by atoms with Crippen molar-refractivity contribution in [3.8, 4) is 0 Å². The summed E-state index contributed by atoms with van der Waals surface area (Å²) in [6.07, 6.45) is 0.783. The van der Waals surface area contributed by atoms with Crippen molar-refractivity contribution in [3.05, 3.63) is 0 Å². The lowest BCUT2D eigenvalue weighted by molar-refractivity contribution is -0.137. The maximum atomic E-state index is 10.3. The third kappa shape index (κ3) is 7.91. The van der Waals surface area contributed by atoms with Gasteiger partial charge in [-0.15, -0.1) is 0 Å². The molecule has 0 spiro atoms. The molecule has 78 valence electrons. The van der Waals surface area contributed by atoms with Gasteiger partial charge in [-0.05, 0) is 26.1 Å². The quantitative estimate of drug-likeness (QED) is 0.538. The first-order valence-electron chi connectivity index (χ1n) is 4.17. The lowest BCUT2D eigenvalue weighted by Gasteiger charge is -2.13. The summed E-state index contributed by atoms with van der Waals surface area (Å²) < 4.78 is 4.77. The molecule has 0 amide bonds. The van der Waals surface area contributed by atoms with Gasteiger partial charge in [-0.3, -0.25) is 9.69 Å². The number of carboxylic acid groups (broad SMARTS) is 1. The third-order valence-corrected chi connectivity index (χ3v) is 3.11. The van der Waals surface area contributed by atoms with E-state index in [1.807, 2.05) is 0 Å². The average Bonchev–Trinajstić information content (AvgIpc) is 2.02. The summed E-state index contributed by atoms with van der Waals surface area (Å²) in [5.74, 6) is -0.827. The molecule has 1 atom stereocenters. The highest BCUT2D eigenvalue weighted by molar-refractivity contribution is 6.42. The second-order valence-corrected chi connectivity index (χ2v) is 4.92. The molecule has 1 unspecified atom stereocenters. The summed E-state index contributed by atoms with van der Waals surface area (Å²) in [6.45, 7) is 0.727. The number of carbonyl (C=O) groups is 1. The van der Waals surface area contributed by atoms with E-state index in [-0.39, 0.29) is 6.54 Å². The minimum absolute atomic E-state index is 0.0463. The summed E-state index contributed by atoms with van der Waals surface area (Å²) >= 11 is 0. The Balaban J connectivity index is 3.36. The SMILES string of the molecule is CO[SiH](O)CCCN(C)CC(=O)O. The number of aliphatic carboxylic acids is 1. The van der Waals surface area contributed by atoms with Crippen LogP contribution in [0.2, 0.25) is 6.04 Å². The lowest BCUT2D eigenvalue weighted by atomic mass is 10.4. The fraction of sp³-hybridized carbons (Fsp3) is 0.857. The number of rotatable bonds is 7. The smallest absolute Gasteiger partial charge is 0.318 e. The Kier molecular flexibility index (Phi) is 6.78. The molecule has 13 heavy (non-hydrogen) atoms. The van der Waals surface area contributed by atoms with E-state index >= 15 is 0 Å². The maximum Gasteiger partial charge on any atom is 0.318 e. The first kappa shape index (κ1) is 12.6. The zero-order valence-electron chi connectivity index (χ0n) is 8.06. The maximum absolute atomic E-state index is 10.3. The Labute approximate surface area is 79.8 Å². The molecule has 0 aromatic carbocycles. The molecule has 5 nitrogen and oxygen atoms in total. The molecule has 0 heterocycles. The zero-order chi connectivity index (χ0) is 10.3. The predicted octanol–water partition coefficient (Wildman–Crippen LogP) is -0.748. The lowest BCUT2D eigenvalue weighted by Crippen LogP contribution is -2.27. The van der Waals surface area contributed by atoms with Gasteiger partial charge in [0.1, 0.15) is 0 Å². The molecule has 0 rings (SSSR count). The molecule has 0 aromatic heterocycles. The van der Waals surface area contributed by atoms with Crippen molar-refractivity contribution in [2.45, 2.75) is 12.5 Å². The summed E-state index contributed by atoms with van der Waals surface area (Å²) in [5.41, 5.74) is 0. The highest BCUT2D eigenvalue weighted by Crippen LogP contribution is 1.97. The van der Waals surface area contributed by atoms with Gasteiger partial charge >= 0.3 is 15.3 Å². The van der Waals surface area contributed by atoms with Crippen molar-refractivity contribution >= 4 is 15.3 Å². The Morgan fingerprint density at radius 3 is 2.69 bits per heavy atom. The van der Waals surface area contributed by atoms with E-state index in [4.69, 9.17) is 14.3 Å². The Morgan fingerprint density at radius 1 is 1.62 bits per heavy atom. The molecule has 2 N–H and O–H groups in total. The molecule has 0 aliphatic rings. The van der Waals surface area contributed by atoms with Gasteiger partial charge in [0.15, 0.2) is 0 Å². The van der Waals surface area contributed by atoms with Gasteiger partial charge in [0, 0.05) is 7.11 Å². The highest BCUT2D eigenvalue weighted by atomic mass is 28.3. The number of likely N-dealkylation sites (N-methyl/N-ethyl adjacent to an activating group) is 1. The standard InChI is InChI=1S/C7H17NO4Si/c1-8(6-7(9)10)4-3-5-13(11)12-2/h11,13H,3-6H2,1-2H3,(H,9,10). The largest absolute Gasteiger partial charge is 0.480 e. The van der Waals surface area contributed by atoms with E-state index in [0.717, 1.165) is 6.42 Å². The van der Waals surface area contributed by atoms with Crippen LogP contribution in [0.3, 0.4) is 0 Å². The highest BCUT2D eigenvalue weighted by Gasteiger charge is 2.07. The second-order valence-electron chi connectivity index (χ2n) is 2.96. The van der Waals surface area contributed by atoms with E-state index in [1.54, 1.807) is 11.9 Å². The van der Waals surface area contributed by atoms with Crippen LogP contribution in [-0.4, -0.2) is 57.3 Å². The number of hydrogen-bond donors (Lipinski definition) is 2. The molecule has 0 fully saturated rings. The topological polar surface area (TPSA) is 70.0 Å². The molecule has 0 bridgehead atoms. The minimum Gasteiger partial charge on any atom is -0.480 e. The number of nitrogens with zero attached hydrogens (tertiary/aromatic N) is 1. The van der Waals surface area contributed by atoms with Crippen LogP contribution >= 0.6 is 0 Å². The van der Waals surface area contributed by atoms with E-state index in [0.29, 0.717) is 12.6 Å². The van der Waals surface area contributed by atoms with Crippen LogP contribution in [0, 0.1) is 0 Å². The first-order valence-corrected chi connectivity index (χ1v) is 5.98. The Morgan fingerprint density at radius 2 is 2.23 bits per heavy atom.